The summed E-state index contributed by atoms with van der Waals surface area (Å²) in [5, 5.41) is 8.97. The third kappa shape index (κ3) is 4.30. The first-order chi connectivity index (χ1) is 11.5. The second-order valence-electron chi connectivity index (χ2n) is 6.31. The summed E-state index contributed by atoms with van der Waals surface area (Å²) in [4.78, 5) is 14.4. The van der Waals surface area contributed by atoms with Crippen LogP contribution in [0.3, 0.4) is 0 Å². The van der Waals surface area contributed by atoms with Crippen molar-refractivity contribution in [3.8, 4) is 11.5 Å². The minimum Gasteiger partial charge on any atom is -0.411 e. The highest BCUT2D eigenvalue weighted by molar-refractivity contribution is 7.99. The molecule has 1 aliphatic carbocycles. The van der Waals surface area contributed by atoms with Crippen LogP contribution < -0.4 is 0 Å². The molecule has 5 nitrogen and oxygen atoms in total. The summed E-state index contributed by atoms with van der Waals surface area (Å²) in [6.45, 7) is 5.06. The zero-order chi connectivity index (χ0) is 17.1. The van der Waals surface area contributed by atoms with Crippen molar-refractivity contribution in [2.24, 2.45) is 5.92 Å². The number of hydrogen-bond acceptors (Lipinski definition) is 5. The molecular weight excluding hydrogens is 346 g/mol. The topological polar surface area (TPSA) is 59.2 Å². The summed E-state index contributed by atoms with van der Waals surface area (Å²) >= 11 is 7.41. The average molecular weight is 366 g/mol. The smallest absolute Gasteiger partial charge is 0.277 e. The van der Waals surface area contributed by atoms with Crippen molar-refractivity contribution < 1.29 is 9.21 Å². The maximum absolute atomic E-state index is 12.5. The molecule has 1 aromatic carbocycles. The first-order valence-corrected chi connectivity index (χ1v) is 9.41. The van der Waals surface area contributed by atoms with Gasteiger partial charge in [0.05, 0.1) is 16.3 Å². The summed E-state index contributed by atoms with van der Waals surface area (Å²) in [7, 11) is 0. The molecule has 2 aromatic rings. The molecule has 1 aromatic heterocycles. The third-order valence-electron chi connectivity index (χ3n) is 3.70. The Morgan fingerprint density at radius 1 is 1.38 bits per heavy atom. The van der Waals surface area contributed by atoms with Crippen LogP contribution in [-0.2, 0) is 4.79 Å². The molecule has 0 radical (unpaired) electrons. The predicted molar refractivity (Wildman–Crippen MR) is 95.0 cm³/mol. The summed E-state index contributed by atoms with van der Waals surface area (Å²) in [5.74, 6) is 1.29. The third-order valence-corrected chi connectivity index (χ3v) is 4.83. The lowest BCUT2D eigenvalue weighted by Gasteiger charge is -2.24. The molecule has 0 N–H and O–H groups in total. The monoisotopic (exact) mass is 365 g/mol. The van der Waals surface area contributed by atoms with E-state index in [4.69, 9.17) is 16.0 Å². The number of aromatic nitrogens is 2. The molecule has 128 valence electrons. The fourth-order valence-electron chi connectivity index (χ4n) is 2.45. The van der Waals surface area contributed by atoms with Crippen molar-refractivity contribution in [2.75, 3.05) is 12.3 Å². The molecule has 24 heavy (non-hydrogen) atoms. The van der Waals surface area contributed by atoms with Crippen molar-refractivity contribution in [3.05, 3.63) is 29.3 Å². The van der Waals surface area contributed by atoms with Gasteiger partial charge in [-0.15, -0.1) is 10.2 Å². The first-order valence-electron chi connectivity index (χ1n) is 8.05. The molecule has 0 atom stereocenters. The Balaban J connectivity index is 1.61. The van der Waals surface area contributed by atoms with E-state index in [9.17, 15) is 4.79 Å². The number of rotatable bonds is 7. The minimum absolute atomic E-state index is 0.133. The maximum Gasteiger partial charge on any atom is 0.277 e. The lowest BCUT2D eigenvalue weighted by molar-refractivity contribution is -0.129. The van der Waals surface area contributed by atoms with Crippen LogP contribution in [0, 0.1) is 5.92 Å². The Labute approximate surface area is 150 Å². The van der Waals surface area contributed by atoms with Crippen molar-refractivity contribution in [1.82, 2.24) is 15.1 Å². The standard InChI is InChI=1S/C17H20ClN3O2S/c1-11(2)9-21(12-7-8-12)15(22)10-24-17-20-19-16(23-17)13-5-3-4-6-14(13)18/h3-6,11-12H,7-10H2,1-2H3. The van der Waals surface area contributed by atoms with E-state index in [2.05, 4.69) is 24.0 Å². The van der Waals surface area contributed by atoms with Gasteiger partial charge in [-0.25, -0.2) is 0 Å². The van der Waals surface area contributed by atoms with Crippen molar-refractivity contribution in [1.29, 1.82) is 0 Å². The number of halogens is 1. The van der Waals surface area contributed by atoms with Gasteiger partial charge in [0.1, 0.15) is 0 Å². The summed E-state index contributed by atoms with van der Waals surface area (Å²) in [6.07, 6.45) is 2.22. The number of thioether (sulfide) groups is 1. The van der Waals surface area contributed by atoms with Gasteiger partial charge in [0.2, 0.25) is 11.8 Å². The van der Waals surface area contributed by atoms with E-state index in [1.807, 2.05) is 23.1 Å². The highest BCUT2D eigenvalue weighted by Gasteiger charge is 2.32. The SMILES string of the molecule is CC(C)CN(C(=O)CSc1nnc(-c2ccccc2Cl)o1)C1CC1. The van der Waals surface area contributed by atoms with Crippen LogP contribution in [0.1, 0.15) is 26.7 Å². The molecule has 1 aliphatic rings. The Kier molecular flexibility index (Phi) is 5.46. The zero-order valence-corrected chi connectivity index (χ0v) is 15.3. The normalized spacial score (nSPS) is 14.2. The number of amides is 1. The van der Waals surface area contributed by atoms with Crippen molar-refractivity contribution >= 4 is 29.3 Å². The van der Waals surface area contributed by atoms with Gasteiger partial charge in [0, 0.05) is 12.6 Å². The summed E-state index contributed by atoms with van der Waals surface area (Å²) in [5.41, 5.74) is 0.698. The van der Waals surface area contributed by atoms with Crippen LogP contribution >= 0.6 is 23.4 Å². The highest BCUT2D eigenvalue weighted by atomic mass is 35.5. The van der Waals surface area contributed by atoms with Crippen LogP contribution in [0.4, 0.5) is 0 Å². The Bertz CT molecular complexity index is 715. The Morgan fingerprint density at radius 3 is 2.79 bits per heavy atom. The number of hydrogen-bond donors (Lipinski definition) is 0. The first kappa shape index (κ1) is 17.3. The summed E-state index contributed by atoms with van der Waals surface area (Å²) in [6, 6.07) is 7.73. The van der Waals surface area contributed by atoms with Crippen LogP contribution in [0.2, 0.25) is 5.02 Å². The number of nitrogens with zero attached hydrogens (tertiary/aromatic N) is 3. The highest BCUT2D eigenvalue weighted by Crippen LogP contribution is 2.31. The zero-order valence-electron chi connectivity index (χ0n) is 13.7. The minimum atomic E-state index is 0.133. The van der Waals surface area contributed by atoms with E-state index in [1.165, 1.54) is 11.8 Å². The van der Waals surface area contributed by atoms with Crippen LogP contribution in [0.5, 0.6) is 0 Å². The molecule has 0 aliphatic heterocycles. The van der Waals surface area contributed by atoms with Gasteiger partial charge in [-0.1, -0.05) is 49.3 Å². The molecule has 1 heterocycles. The fraction of sp³-hybridized carbons (Fsp3) is 0.471. The van der Waals surface area contributed by atoms with Gasteiger partial charge >= 0.3 is 0 Å². The average Bonchev–Trinajstić information content (AvgIpc) is 3.29. The van der Waals surface area contributed by atoms with Gasteiger partial charge in [-0.05, 0) is 30.9 Å². The van der Waals surface area contributed by atoms with Crippen LogP contribution in [-0.4, -0.2) is 39.3 Å². The van der Waals surface area contributed by atoms with E-state index in [0.29, 0.717) is 39.4 Å². The van der Waals surface area contributed by atoms with Gasteiger partial charge in [-0.3, -0.25) is 4.79 Å². The lowest BCUT2D eigenvalue weighted by Crippen LogP contribution is -2.37. The Hall–Kier alpha value is -1.53. The van der Waals surface area contributed by atoms with Crippen molar-refractivity contribution in [2.45, 2.75) is 38.0 Å². The van der Waals surface area contributed by atoms with Crippen LogP contribution in [0.25, 0.3) is 11.5 Å². The summed E-state index contributed by atoms with van der Waals surface area (Å²) < 4.78 is 5.62. The van der Waals surface area contributed by atoms with E-state index in [1.54, 1.807) is 6.07 Å². The molecule has 7 heteroatoms. The number of carbonyl (C=O) groups excluding carboxylic acids is 1. The number of benzene rings is 1. The van der Waals surface area contributed by atoms with Gasteiger partial charge in [0.15, 0.2) is 0 Å². The molecule has 3 rings (SSSR count). The molecule has 1 fully saturated rings. The quantitative estimate of drug-likeness (QED) is 0.690. The molecule has 0 saturated heterocycles. The Morgan fingerprint density at radius 2 is 2.12 bits per heavy atom. The van der Waals surface area contributed by atoms with Crippen molar-refractivity contribution in [3.63, 3.8) is 0 Å². The van der Waals surface area contributed by atoms with E-state index in [0.717, 1.165) is 19.4 Å². The molecule has 0 bridgehead atoms. The molecule has 1 saturated carbocycles. The molecule has 0 spiro atoms. The largest absolute Gasteiger partial charge is 0.411 e. The maximum atomic E-state index is 12.5. The lowest BCUT2D eigenvalue weighted by atomic mass is 10.2. The van der Waals surface area contributed by atoms with Crippen LogP contribution in [0.15, 0.2) is 33.9 Å². The van der Waals surface area contributed by atoms with E-state index in [-0.39, 0.29) is 5.91 Å². The molecular formula is C17H20ClN3O2S. The fourth-order valence-corrected chi connectivity index (χ4v) is 3.32. The number of carbonyl (C=O) groups is 1. The second-order valence-corrected chi connectivity index (χ2v) is 7.65. The van der Waals surface area contributed by atoms with E-state index < -0.39 is 0 Å². The molecule has 1 amide bonds. The predicted octanol–water partition coefficient (Wildman–Crippen LogP) is 4.13. The van der Waals surface area contributed by atoms with Gasteiger partial charge in [0.25, 0.3) is 5.22 Å². The van der Waals surface area contributed by atoms with Gasteiger partial charge < -0.3 is 9.32 Å². The molecule has 0 unspecified atom stereocenters. The van der Waals surface area contributed by atoms with E-state index >= 15 is 0 Å². The second kappa shape index (κ2) is 7.57. The van der Waals surface area contributed by atoms with Gasteiger partial charge in [-0.2, -0.15) is 0 Å².